The number of methoxy groups -OCH3 is 2. The molecule has 1 aromatic carbocycles. The van der Waals surface area contributed by atoms with E-state index in [1.54, 1.807) is 51.8 Å². The monoisotopic (exact) mass is 974 g/mol. The second kappa shape index (κ2) is 23.4. The van der Waals surface area contributed by atoms with E-state index < -0.39 is 100 Å². The number of nitro groups is 1. The number of likely N-dealkylation sites (N-methyl/N-ethyl adjacent to an activating group) is 1. The molecule has 390 valence electrons. The van der Waals surface area contributed by atoms with Crippen LogP contribution in [0.2, 0.25) is 0 Å². The molecule has 1 aromatic heterocycles. The quantitative estimate of drug-likeness (QED) is 0.100. The molecule has 1 aliphatic carbocycles. The third-order valence-electron chi connectivity index (χ3n) is 16.4. The van der Waals surface area contributed by atoms with Gasteiger partial charge < -0.3 is 49.0 Å². The molecule has 5 rings (SSSR count). The average Bonchev–Trinajstić information content (AvgIpc) is 3.78. The largest absolute Gasteiger partial charge is 0.459 e. The van der Waals surface area contributed by atoms with E-state index in [1.165, 1.54) is 13.0 Å². The maximum atomic E-state index is 14.6. The smallest absolute Gasteiger partial charge is 0.309 e. The van der Waals surface area contributed by atoms with E-state index in [9.17, 15) is 40.1 Å². The maximum Gasteiger partial charge on any atom is 0.309 e. The molecule has 1 saturated carbocycles. The van der Waals surface area contributed by atoms with Gasteiger partial charge in [0.1, 0.15) is 23.6 Å². The summed E-state index contributed by atoms with van der Waals surface area (Å²) in [6.45, 7) is 19.1. The summed E-state index contributed by atoms with van der Waals surface area (Å²) in [6.07, 6.45) is -1.40. The SMILES string of the molecule is CC[C@H]1OC(=O)[C@H](C)[C@@H](C[C@@H]2C[C@@H](C)[C@H](O)[C@](C)(OC)C2)[C@H](C)[C@@H](O[C@@H]2O[C@H](C)C[C@H](N(C)CCc3cn(CCc4cccc([N+](=O)[O-])c4)nn3)[C@H]2O)[C@](C)(OC)C[C@@H](C)C(=O)[C@H](C)[C@@H](O)[C@]1(C)O. The highest BCUT2D eigenvalue weighted by molar-refractivity contribution is 5.83. The van der Waals surface area contributed by atoms with E-state index in [0.717, 1.165) is 11.3 Å². The average molecular weight is 974 g/mol. The van der Waals surface area contributed by atoms with Gasteiger partial charge in [-0.1, -0.05) is 58.9 Å². The van der Waals surface area contributed by atoms with Crippen LogP contribution in [-0.4, -0.2) is 151 Å². The van der Waals surface area contributed by atoms with Crippen LogP contribution < -0.4 is 0 Å². The maximum absolute atomic E-state index is 14.6. The molecule has 69 heavy (non-hydrogen) atoms. The first-order valence-corrected chi connectivity index (χ1v) is 25.0. The van der Waals surface area contributed by atoms with Gasteiger partial charge in [-0.2, -0.15) is 0 Å². The number of benzene rings is 1. The highest BCUT2D eigenvalue weighted by Gasteiger charge is 2.53. The number of cyclic esters (lactones) is 1. The number of esters is 1. The van der Waals surface area contributed by atoms with Crippen LogP contribution in [0, 0.1) is 51.5 Å². The zero-order valence-electron chi connectivity index (χ0n) is 43.3. The van der Waals surface area contributed by atoms with Gasteiger partial charge in [0.25, 0.3) is 5.69 Å². The number of rotatable bonds is 15. The first kappa shape index (κ1) is 56.5. The molecular formula is C51H83N5O13. The lowest BCUT2D eigenvalue weighted by molar-refractivity contribution is -0.384. The van der Waals surface area contributed by atoms with Crippen molar-refractivity contribution in [2.75, 3.05) is 27.8 Å². The normalized spacial score (nSPS) is 39.8. The Balaban J connectivity index is 1.45. The van der Waals surface area contributed by atoms with Crippen LogP contribution in [0.15, 0.2) is 30.5 Å². The molecule has 2 saturated heterocycles. The number of aliphatic hydroxyl groups excluding tert-OH is 3. The van der Waals surface area contributed by atoms with Crippen LogP contribution in [0.25, 0.3) is 0 Å². The van der Waals surface area contributed by atoms with Gasteiger partial charge in [0.15, 0.2) is 6.29 Å². The van der Waals surface area contributed by atoms with Crippen LogP contribution >= 0.6 is 0 Å². The molecule has 2 aliphatic heterocycles. The fourth-order valence-electron chi connectivity index (χ4n) is 11.9. The summed E-state index contributed by atoms with van der Waals surface area (Å²) in [5.74, 6) is -4.41. The van der Waals surface area contributed by atoms with Crippen molar-refractivity contribution in [3.63, 3.8) is 0 Å². The Morgan fingerprint density at radius 3 is 2.28 bits per heavy atom. The molecule has 0 spiro atoms. The predicted molar refractivity (Wildman–Crippen MR) is 257 cm³/mol. The number of hydrogen-bond acceptors (Lipinski definition) is 16. The topological polar surface area (TPSA) is 238 Å². The highest BCUT2D eigenvalue weighted by atomic mass is 16.7. The molecule has 4 N–H and O–H groups in total. The van der Waals surface area contributed by atoms with Gasteiger partial charge in [0.2, 0.25) is 0 Å². The lowest BCUT2D eigenvalue weighted by Gasteiger charge is -2.50. The number of hydrogen-bond donors (Lipinski definition) is 4. The number of carbonyl (C=O) groups is 2. The first-order valence-electron chi connectivity index (χ1n) is 25.0. The molecule has 3 aliphatic rings. The van der Waals surface area contributed by atoms with E-state index in [1.807, 2.05) is 60.9 Å². The van der Waals surface area contributed by atoms with Crippen molar-refractivity contribution in [3.8, 4) is 0 Å². The molecule has 0 unspecified atom stereocenters. The van der Waals surface area contributed by atoms with Crippen molar-refractivity contribution in [2.45, 2.75) is 193 Å². The third kappa shape index (κ3) is 13.0. The molecule has 3 heterocycles. The Labute approximate surface area is 408 Å². The van der Waals surface area contributed by atoms with Crippen LogP contribution in [0.5, 0.6) is 0 Å². The molecule has 18 nitrogen and oxygen atoms in total. The van der Waals surface area contributed by atoms with Gasteiger partial charge in [-0.3, -0.25) is 24.4 Å². The number of non-ortho nitro benzene ring substituents is 1. The second-order valence-electron chi connectivity index (χ2n) is 21.7. The summed E-state index contributed by atoms with van der Waals surface area (Å²) < 4.78 is 33.9. The molecule has 18 heteroatoms. The van der Waals surface area contributed by atoms with Crippen molar-refractivity contribution < 1.29 is 58.6 Å². The van der Waals surface area contributed by atoms with E-state index >= 15 is 0 Å². The zero-order valence-corrected chi connectivity index (χ0v) is 43.3. The fraction of sp³-hybridized carbons (Fsp3) is 0.804. The van der Waals surface area contributed by atoms with E-state index in [-0.39, 0.29) is 42.3 Å². The standard InChI is InChI=1S/C51H83N5O13/c1-14-41-51(10,62)45(60)34(7)42(57)30(3)26-50(9,66-13)46(32(5)39(33(6)47(61)68-41)25-36-22-29(2)44(59)49(8,27-36)65-12)69-48-43(58)40(23-31(4)67-48)54(11)20-19-37-28-55(53-52-37)21-18-35-16-15-17-38(24-35)56(63)64/h15-17,24,28-34,36,39-41,43-46,48,58-60,62H,14,18-23,25-27H2,1-13H3/t29-,30-,31-,32+,33-,34+,36+,39+,40+,41-,43-,44+,45-,46-,48+,49-,50-,51-/m1/s1. The summed E-state index contributed by atoms with van der Waals surface area (Å²) in [4.78, 5) is 41.7. The minimum atomic E-state index is -1.94. The lowest BCUT2D eigenvalue weighted by atomic mass is 9.64. The van der Waals surface area contributed by atoms with Gasteiger partial charge in [0.05, 0.1) is 52.2 Å². The molecule has 0 bridgehead atoms. The molecule has 2 aromatic rings. The van der Waals surface area contributed by atoms with Gasteiger partial charge in [-0.25, -0.2) is 0 Å². The Morgan fingerprint density at radius 2 is 1.64 bits per heavy atom. The summed E-state index contributed by atoms with van der Waals surface area (Å²) in [7, 11) is 5.09. The van der Waals surface area contributed by atoms with Crippen LogP contribution in [-0.2, 0) is 52.7 Å². The summed E-state index contributed by atoms with van der Waals surface area (Å²) in [6, 6.07) is 6.13. The lowest BCUT2D eigenvalue weighted by Crippen LogP contribution is -2.60. The molecule has 3 fully saturated rings. The number of nitro benzene ring substituents is 1. The van der Waals surface area contributed by atoms with Gasteiger partial charge in [0, 0.05) is 69.9 Å². The van der Waals surface area contributed by atoms with Crippen LogP contribution in [0.4, 0.5) is 5.69 Å². The number of aliphatic hydroxyl groups is 4. The summed E-state index contributed by atoms with van der Waals surface area (Å²) >= 11 is 0. The summed E-state index contributed by atoms with van der Waals surface area (Å²) in [5.41, 5.74) is -2.38. The minimum absolute atomic E-state index is 0.00152. The molecule has 18 atom stereocenters. The number of aryl methyl sites for hydroxylation is 2. The van der Waals surface area contributed by atoms with Crippen LogP contribution in [0.1, 0.15) is 119 Å². The summed E-state index contributed by atoms with van der Waals surface area (Å²) in [5, 5.41) is 66.9. The second-order valence-corrected chi connectivity index (χ2v) is 21.7. The van der Waals surface area contributed by atoms with Gasteiger partial charge in [-0.15, -0.1) is 5.10 Å². The Morgan fingerprint density at radius 1 is 0.957 bits per heavy atom. The predicted octanol–water partition coefficient (Wildman–Crippen LogP) is 5.33. The third-order valence-corrected chi connectivity index (χ3v) is 16.4. The fourth-order valence-corrected chi connectivity index (χ4v) is 11.9. The van der Waals surface area contributed by atoms with Crippen molar-refractivity contribution >= 4 is 17.4 Å². The minimum Gasteiger partial charge on any atom is -0.459 e. The number of Topliss-reactive ketones (excluding diaryl/α,β-unsaturated/α-hetero) is 1. The Bertz CT molecular complexity index is 2020. The zero-order chi connectivity index (χ0) is 51.3. The Kier molecular flexibility index (Phi) is 19.1. The van der Waals surface area contributed by atoms with Crippen molar-refractivity contribution in [2.24, 2.45) is 41.4 Å². The molecular weight excluding hydrogens is 891 g/mol. The van der Waals surface area contributed by atoms with Gasteiger partial charge >= 0.3 is 5.97 Å². The van der Waals surface area contributed by atoms with E-state index in [0.29, 0.717) is 51.6 Å². The number of ketones is 1. The number of aromatic nitrogens is 3. The highest BCUT2D eigenvalue weighted by Crippen LogP contribution is 2.47. The van der Waals surface area contributed by atoms with Crippen LogP contribution in [0.3, 0.4) is 0 Å². The van der Waals surface area contributed by atoms with Crippen molar-refractivity contribution in [3.05, 3.63) is 51.8 Å². The Hall–Kier alpha value is -3.46. The number of nitrogens with zero attached hydrogens (tertiary/aromatic N) is 5. The number of carbonyl (C=O) groups excluding carboxylic acids is 2. The molecule has 0 amide bonds. The van der Waals surface area contributed by atoms with E-state index in [4.69, 9.17) is 23.7 Å². The van der Waals surface area contributed by atoms with E-state index in [2.05, 4.69) is 15.2 Å². The van der Waals surface area contributed by atoms with Gasteiger partial charge in [-0.05, 0) is 109 Å². The molecule has 0 radical (unpaired) electrons. The van der Waals surface area contributed by atoms with Crippen molar-refractivity contribution in [1.82, 2.24) is 19.9 Å². The van der Waals surface area contributed by atoms with Crippen molar-refractivity contribution in [1.29, 1.82) is 0 Å². The first-order chi connectivity index (χ1) is 32.3. The number of ether oxygens (including phenoxy) is 5.